The molecule has 0 saturated carbocycles. The van der Waals surface area contributed by atoms with Crippen molar-refractivity contribution < 1.29 is 9.53 Å². The van der Waals surface area contributed by atoms with E-state index in [1.807, 2.05) is 11.8 Å². The van der Waals surface area contributed by atoms with Crippen LogP contribution in [0.25, 0.3) is 0 Å². The molecule has 1 atom stereocenters. The quantitative estimate of drug-likeness (QED) is 0.714. The molecule has 1 saturated heterocycles. The van der Waals surface area contributed by atoms with Gasteiger partial charge in [0, 0.05) is 39.8 Å². The van der Waals surface area contributed by atoms with Crippen molar-refractivity contribution in [3.63, 3.8) is 0 Å². The second-order valence-corrected chi connectivity index (χ2v) is 4.90. The van der Waals surface area contributed by atoms with Crippen LogP contribution in [-0.4, -0.2) is 61.6 Å². The van der Waals surface area contributed by atoms with E-state index >= 15 is 0 Å². The Hall–Kier alpha value is -0.610. The van der Waals surface area contributed by atoms with Crippen LogP contribution in [0.4, 0.5) is 0 Å². The second kappa shape index (κ2) is 6.21. The number of carbonyl (C=O) groups is 1. The van der Waals surface area contributed by atoms with Gasteiger partial charge in [0.15, 0.2) is 0 Å². The van der Waals surface area contributed by atoms with E-state index in [4.69, 9.17) is 4.74 Å². The average Bonchev–Trinajstić information content (AvgIpc) is 2.27. The van der Waals surface area contributed by atoms with E-state index in [0.29, 0.717) is 5.92 Å². The van der Waals surface area contributed by atoms with Gasteiger partial charge >= 0.3 is 0 Å². The Morgan fingerprint density at radius 3 is 2.19 bits per heavy atom. The van der Waals surface area contributed by atoms with Crippen LogP contribution in [0, 0.1) is 5.92 Å². The molecule has 0 aromatic rings. The van der Waals surface area contributed by atoms with Crippen LogP contribution in [-0.2, 0) is 9.53 Å². The van der Waals surface area contributed by atoms with Crippen molar-refractivity contribution in [2.75, 3.05) is 39.8 Å². The summed E-state index contributed by atoms with van der Waals surface area (Å²) in [5.41, 5.74) is 0. The monoisotopic (exact) mass is 228 g/mol. The number of carbonyl (C=O) groups excluding carboxylic acids is 1. The van der Waals surface area contributed by atoms with Gasteiger partial charge in [-0.05, 0) is 12.8 Å². The van der Waals surface area contributed by atoms with E-state index in [0.717, 1.165) is 32.7 Å². The minimum absolute atomic E-state index is 0.117. The van der Waals surface area contributed by atoms with E-state index in [2.05, 4.69) is 18.7 Å². The molecule has 1 rings (SSSR count). The van der Waals surface area contributed by atoms with E-state index in [1.54, 1.807) is 7.11 Å². The molecule has 94 valence electrons. The van der Waals surface area contributed by atoms with Crippen LogP contribution < -0.4 is 0 Å². The highest BCUT2D eigenvalue weighted by molar-refractivity contribution is 5.80. The molecular weight excluding hydrogens is 204 g/mol. The molecule has 1 unspecified atom stereocenters. The van der Waals surface area contributed by atoms with Gasteiger partial charge in [-0.3, -0.25) is 9.69 Å². The number of methoxy groups -OCH3 is 1. The van der Waals surface area contributed by atoms with Crippen LogP contribution in [0.2, 0.25) is 0 Å². The summed E-state index contributed by atoms with van der Waals surface area (Å²) < 4.78 is 5.05. The van der Waals surface area contributed by atoms with Crippen LogP contribution >= 0.6 is 0 Å². The summed E-state index contributed by atoms with van der Waals surface area (Å²) in [4.78, 5) is 16.2. The van der Waals surface area contributed by atoms with E-state index in [9.17, 15) is 4.79 Å². The Kier molecular flexibility index (Phi) is 5.22. The first kappa shape index (κ1) is 13.5. The second-order valence-electron chi connectivity index (χ2n) is 4.90. The summed E-state index contributed by atoms with van der Waals surface area (Å²) >= 11 is 0. The molecule has 0 aromatic carbocycles. The third-order valence-corrected chi connectivity index (χ3v) is 3.01. The molecule has 0 aliphatic carbocycles. The highest BCUT2D eigenvalue weighted by Crippen LogP contribution is 2.07. The zero-order valence-corrected chi connectivity index (χ0v) is 10.9. The fourth-order valence-corrected chi connectivity index (χ4v) is 2.03. The molecule has 4 heteroatoms. The first-order valence-electron chi connectivity index (χ1n) is 6.08. The van der Waals surface area contributed by atoms with Gasteiger partial charge < -0.3 is 9.64 Å². The third-order valence-electron chi connectivity index (χ3n) is 3.01. The van der Waals surface area contributed by atoms with Gasteiger partial charge in [-0.15, -0.1) is 0 Å². The molecular formula is C12H24N2O2. The Bertz CT molecular complexity index is 223. The maximum absolute atomic E-state index is 11.8. The number of hydrogen-bond donors (Lipinski definition) is 0. The zero-order valence-electron chi connectivity index (χ0n) is 10.9. The Labute approximate surface area is 98.5 Å². The van der Waals surface area contributed by atoms with Gasteiger partial charge in [-0.2, -0.15) is 0 Å². The number of nitrogens with zero attached hydrogens (tertiary/aromatic N) is 2. The summed E-state index contributed by atoms with van der Waals surface area (Å²) in [5.74, 6) is 0.812. The predicted molar refractivity (Wildman–Crippen MR) is 64.3 cm³/mol. The number of piperazine rings is 1. The number of ether oxygens (including phenoxy) is 1. The van der Waals surface area contributed by atoms with Crippen molar-refractivity contribution in [2.24, 2.45) is 5.92 Å². The molecule has 4 nitrogen and oxygen atoms in total. The van der Waals surface area contributed by atoms with E-state index in [-0.39, 0.29) is 12.0 Å². The topological polar surface area (TPSA) is 32.8 Å². The molecule has 0 bridgehead atoms. The van der Waals surface area contributed by atoms with Gasteiger partial charge in [-0.1, -0.05) is 13.8 Å². The summed E-state index contributed by atoms with van der Waals surface area (Å²) in [6.07, 6.45) is -0.309. The normalized spacial score (nSPS) is 20.2. The lowest BCUT2D eigenvalue weighted by atomic mass is 10.2. The third kappa shape index (κ3) is 3.76. The molecule has 1 aliphatic heterocycles. The van der Waals surface area contributed by atoms with Gasteiger partial charge in [0.2, 0.25) is 0 Å². The smallest absolute Gasteiger partial charge is 0.251 e. The van der Waals surface area contributed by atoms with Crippen molar-refractivity contribution in [1.29, 1.82) is 0 Å². The van der Waals surface area contributed by atoms with Gasteiger partial charge in [0.05, 0.1) is 0 Å². The lowest BCUT2D eigenvalue weighted by Gasteiger charge is -2.36. The molecule has 1 amide bonds. The number of amides is 1. The molecule has 0 N–H and O–H groups in total. The van der Waals surface area contributed by atoms with Crippen molar-refractivity contribution in [2.45, 2.75) is 26.9 Å². The summed E-state index contributed by atoms with van der Waals surface area (Å²) in [5, 5.41) is 0. The summed E-state index contributed by atoms with van der Waals surface area (Å²) in [6, 6.07) is 0. The van der Waals surface area contributed by atoms with Gasteiger partial charge in [-0.25, -0.2) is 0 Å². The molecule has 1 aliphatic rings. The molecule has 16 heavy (non-hydrogen) atoms. The van der Waals surface area contributed by atoms with E-state index < -0.39 is 0 Å². The standard InChI is InChI=1S/C12H24N2O2/c1-10(2)9-13-5-7-14(8-6-13)12(15)11(3)16-4/h10-11H,5-9H2,1-4H3. The Morgan fingerprint density at radius 1 is 1.19 bits per heavy atom. The highest BCUT2D eigenvalue weighted by Gasteiger charge is 2.24. The minimum Gasteiger partial charge on any atom is -0.372 e. The minimum atomic E-state index is -0.309. The first-order valence-corrected chi connectivity index (χ1v) is 6.08. The van der Waals surface area contributed by atoms with Crippen LogP contribution in [0.5, 0.6) is 0 Å². The number of rotatable bonds is 4. The fraction of sp³-hybridized carbons (Fsp3) is 0.917. The Balaban J connectivity index is 2.34. The van der Waals surface area contributed by atoms with Crippen LogP contribution in [0.15, 0.2) is 0 Å². The lowest BCUT2D eigenvalue weighted by Crippen LogP contribution is -2.51. The van der Waals surface area contributed by atoms with Crippen molar-refractivity contribution in [1.82, 2.24) is 9.80 Å². The van der Waals surface area contributed by atoms with Crippen molar-refractivity contribution in [3.8, 4) is 0 Å². The van der Waals surface area contributed by atoms with Crippen molar-refractivity contribution in [3.05, 3.63) is 0 Å². The molecule has 1 fully saturated rings. The SMILES string of the molecule is COC(C)C(=O)N1CCN(CC(C)C)CC1. The predicted octanol–water partition coefficient (Wildman–Crippen LogP) is 0.821. The van der Waals surface area contributed by atoms with Crippen LogP contribution in [0.3, 0.4) is 0 Å². The highest BCUT2D eigenvalue weighted by atomic mass is 16.5. The molecule has 1 heterocycles. The maximum atomic E-state index is 11.8. The maximum Gasteiger partial charge on any atom is 0.251 e. The molecule has 0 aromatic heterocycles. The summed E-state index contributed by atoms with van der Waals surface area (Å²) in [7, 11) is 1.58. The van der Waals surface area contributed by atoms with E-state index in [1.165, 1.54) is 0 Å². The molecule has 0 spiro atoms. The fourth-order valence-electron chi connectivity index (χ4n) is 2.03. The first-order chi connectivity index (χ1) is 7.54. The van der Waals surface area contributed by atoms with Crippen LogP contribution in [0.1, 0.15) is 20.8 Å². The zero-order chi connectivity index (χ0) is 12.1. The van der Waals surface area contributed by atoms with Crippen molar-refractivity contribution >= 4 is 5.91 Å². The average molecular weight is 228 g/mol. The number of hydrogen-bond acceptors (Lipinski definition) is 3. The van der Waals surface area contributed by atoms with Gasteiger partial charge in [0.1, 0.15) is 6.10 Å². The Morgan fingerprint density at radius 2 is 1.75 bits per heavy atom. The summed E-state index contributed by atoms with van der Waals surface area (Å²) in [6.45, 7) is 11.0. The lowest BCUT2D eigenvalue weighted by molar-refractivity contribution is -0.142. The largest absolute Gasteiger partial charge is 0.372 e. The molecule has 0 radical (unpaired) electrons. The van der Waals surface area contributed by atoms with Gasteiger partial charge in [0.25, 0.3) is 5.91 Å².